The summed E-state index contributed by atoms with van der Waals surface area (Å²) in [6.45, 7) is 7.61. The summed E-state index contributed by atoms with van der Waals surface area (Å²) in [6.07, 6.45) is 3.45. The molecule has 2 rings (SSSR count). The monoisotopic (exact) mass is 256 g/mol. The van der Waals surface area contributed by atoms with E-state index in [0.29, 0.717) is 6.04 Å². The molecule has 0 aliphatic carbocycles. The van der Waals surface area contributed by atoms with Gasteiger partial charge in [-0.05, 0) is 37.6 Å². The van der Waals surface area contributed by atoms with Crippen LogP contribution in [0.2, 0.25) is 0 Å². The van der Waals surface area contributed by atoms with Gasteiger partial charge in [-0.15, -0.1) is 0 Å². The van der Waals surface area contributed by atoms with Crippen molar-refractivity contribution in [1.82, 2.24) is 10.3 Å². The number of pyridine rings is 1. The number of nitrogens with one attached hydrogen (secondary N) is 1. The minimum Gasteiger partial charge on any atom is -0.314 e. The van der Waals surface area contributed by atoms with Gasteiger partial charge in [0.05, 0.1) is 5.52 Å². The fourth-order valence-corrected chi connectivity index (χ4v) is 2.61. The second-order valence-corrected chi connectivity index (χ2v) is 5.19. The van der Waals surface area contributed by atoms with Gasteiger partial charge in [-0.3, -0.25) is 4.98 Å². The summed E-state index contributed by atoms with van der Waals surface area (Å²) >= 11 is 0. The van der Waals surface area contributed by atoms with E-state index < -0.39 is 0 Å². The Labute approximate surface area is 116 Å². The van der Waals surface area contributed by atoms with E-state index in [-0.39, 0.29) is 0 Å². The molecule has 0 saturated carbocycles. The number of benzene rings is 1. The van der Waals surface area contributed by atoms with Crippen molar-refractivity contribution in [3.05, 3.63) is 41.6 Å². The summed E-state index contributed by atoms with van der Waals surface area (Å²) in [5, 5.41) is 4.80. The van der Waals surface area contributed by atoms with E-state index in [4.69, 9.17) is 4.98 Å². The van der Waals surface area contributed by atoms with Crippen LogP contribution < -0.4 is 5.32 Å². The first-order valence-corrected chi connectivity index (χ1v) is 7.33. The van der Waals surface area contributed by atoms with Gasteiger partial charge < -0.3 is 5.32 Å². The summed E-state index contributed by atoms with van der Waals surface area (Å²) in [7, 11) is 0. The van der Waals surface area contributed by atoms with Crippen LogP contribution in [-0.2, 0) is 6.42 Å². The molecule has 0 bridgehead atoms. The summed E-state index contributed by atoms with van der Waals surface area (Å²) in [5.41, 5.74) is 3.64. The first-order valence-electron chi connectivity index (χ1n) is 7.33. The molecule has 0 spiro atoms. The number of hydrogen-bond acceptors (Lipinski definition) is 2. The highest BCUT2D eigenvalue weighted by Gasteiger charge is 2.11. The zero-order valence-electron chi connectivity index (χ0n) is 12.2. The topological polar surface area (TPSA) is 24.9 Å². The molecule has 102 valence electrons. The van der Waals surface area contributed by atoms with Crippen molar-refractivity contribution in [3.8, 4) is 0 Å². The maximum absolute atomic E-state index is 4.84. The van der Waals surface area contributed by atoms with Crippen LogP contribution in [0.5, 0.6) is 0 Å². The molecule has 1 heterocycles. The first-order chi connectivity index (χ1) is 9.24. The van der Waals surface area contributed by atoms with Crippen LogP contribution in [0.1, 0.15) is 37.9 Å². The molecular formula is C17H24N2. The van der Waals surface area contributed by atoms with E-state index in [2.05, 4.69) is 56.4 Å². The lowest BCUT2D eigenvalue weighted by Crippen LogP contribution is -2.31. The maximum atomic E-state index is 4.84. The molecule has 19 heavy (non-hydrogen) atoms. The highest BCUT2D eigenvalue weighted by Crippen LogP contribution is 2.18. The number of hydrogen-bond donors (Lipinski definition) is 1. The minimum absolute atomic E-state index is 0.544. The number of aromatic nitrogens is 1. The molecule has 1 unspecified atom stereocenters. The van der Waals surface area contributed by atoms with E-state index in [1.807, 2.05) is 0 Å². The highest BCUT2D eigenvalue weighted by atomic mass is 14.9. The number of rotatable bonds is 6. The summed E-state index contributed by atoms with van der Waals surface area (Å²) in [4.78, 5) is 4.84. The molecule has 2 aromatic rings. The van der Waals surface area contributed by atoms with Crippen molar-refractivity contribution in [3.63, 3.8) is 0 Å². The van der Waals surface area contributed by atoms with Gasteiger partial charge in [0, 0.05) is 23.5 Å². The Hall–Kier alpha value is -1.41. The van der Waals surface area contributed by atoms with Crippen molar-refractivity contribution in [2.45, 2.75) is 46.1 Å². The van der Waals surface area contributed by atoms with Crippen LogP contribution in [-0.4, -0.2) is 17.6 Å². The second kappa shape index (κ2) is 6.67. The van der Waals surface area contributed by atoms with Crippen molar-refractivity contribution < 1.29 is 0 Å². The Morgan fingerprint density at radius 2 is 2.00 bits per heavy atom. The van der Waals surface area contributed by atoms with Gasteiger partial charge >= 0.3 is 0 Å². The zero-order valence-corrected chi connectivity index (χ0v) is 12.2. The lowest BCUT2D eigenvalue weighted by atomic mass is 10.0. The number of fused-ring (bicyclic) bond motifs is 1. The summed E-state index contributed by atoms with van der Waals surface area (Å²) in [5.74, 6) is 0. The predicted molar refractivity (Wildman–Crippen MR) is 82.6 cm³/mol. The average Bonchev–Trinajstić information content (AvgIpc) is 2.40. The predicted octanol–water partition coefficient (Wildman–Crippen LogP) is 3.86. The lowest BCUT2D eigenvalue weighted by molar-refractivity contribution is 0.481. The molecule has 2 heteroatoms. The number of likely N-dealkylation sites (N-methyl/N-ethyl adjacent to an activating group) is 1. The molecule has 2 nitrogen and oxygen atoms in total. The number of para-hydroxylation sites is 1. The van der Waals surface area contributed by atoms with Gasteiger partial charge in [-0.25, -0.2) is 0 Å². The minimum atomic E-state index is 0.544. The molecule has 1 N–H and O–H groups in total. The Kier molecular flexibility index (Phi) is 4.92. The van der Waals surface area contributed by atoms with Crippen molar-refractivity contribution in [2.75, 3.05) is 6.54 Å². The summed E-state index contributed by atoms with van der Waals surface area (Å²) < 4.78 is 0. The molecule has 0 amide bonds. The molecule has 0 aliphatic rings. The van der Waals surface area contributed by atoms with Crippen molar-refractivity contribution in [1.29, 1.82) is 0 Å². The van der Waals surface area contributed by atoms with Crippen LogP contribution in [0.3, 0.4) is 0 Å². The first kappa shape index (κ1) is 14.0. The van der Waals surface area contributed by atoms with Crippen LogP contribution in [0.25, 0.3) is 10.9 Å². The Balaban J connectivity index is 2.25. The third-order valence-corrected chi connectivity index (χ3v) is 3.59. The van der Waals surface area contributed by atoms with Gasteiger partial charge in [-0.1, -0.05) is 38.5 Å². The van der Waals surface area contributed by atoms with Gasteiger partial charge in [0.15, 0.2) is 0 Å². The molecule has 0 radical (unpaired) electrons. The Bertz CT molecular complexity index is 528. The van der Waals surface area contributed by atoms with Crippen LogP contribution in [0.4, 0.5) is 0 Å². The Morgan fingerprint density at radius 3 is 2.74 bits per heavy atom. The largest absolute Gasteiger partial charge is 0.314 e. The third kappa shape index (κ3) is 3.54. The Morgan fingerprint density at radius 1 is 1.21 bits per heavy atom. The smallest absolute Gasteiger partial charge is 0.0705 e. The molecule has 0 fully saturated rings. The second-order valence-electron chi connectivity index (χ2n) is 5.19. The van der Waals surface area contributed by atoms with Crippen LogP contribution >= 0.6 is 0 Å². The van der Waals surface area contributed by atoms with Crippen LogP contribution in [0, 0.1) is 6.92 Å². The van der Waals surface area contributed by atoms with Gasteiger partial charge in [0.1, 0.15) is 0 Å². The summed E-state index contributed by atoms with van der Waals surface area (Å²) in [6, 6.07) is 11.2. The number of aryl methyl sites for hydroxylation is 1. The molecule has 1 aromatic carbocycles. The fourth-order valence-electron chi connectivity index (χ4n) is 2.61. The van der Waals surface area contributed by atoms with E-state index in [1.54, 1.807) is 0 Å². The third-order valence-electron chi connectivity index (χ3n) is 3.59. The maximum Gasteiger partial charge on any atom is 0.0705 e. The van der Waals surface area contributed by atoms with E-state index in [0.717, 1.165) is 18.5 Å². The fraction of sp³-hybridized carbons (Fsp3) is 0.471. The van der Waals surface area contributed by atoms with Crippen molar-refractivity contribution >= 4 is 10.9 Å². The quantitative estimate of drug-likeness (QED) is 0.849. The van der Waals surface area contributed by atoms with Gasteiger partial charge in [-0.2, -0.15) is 0 Å². The highest BCUT2D eigenvalue weighted by molar-refractivity contribution is 5.79. The molecule has 0 saturated heterocycles. The van der Waals surface area contributed by atoms with Gasteiger partial charge in [0.25, 0.3) is 0 Å². The molecule has 0 aliphatic heterocycles. The van der Waals surface area contributed by atoms with Crippen molar-refractivity contribution in [2.24, 2.45) is 0 Å². The van der Waals surface area contributed by atoms with Crippen LogP contribution in [0.15, 0.2) is 30.3 Å². The molecule has 1 aromatic heterocycles. The SMILES string of the molecule is CCCC(Cc1nc2ccccc2cc1C)NCC. The van der Waals surface area contributed by atoms with E-state index in [9.17, 15) is 0 Å². The van der Waals surface area contributed by atoms with E-state index in [1.165, 1.54) is 29.5 Å². The molecular weight excluding hydrogens is 232 g/mol. The standard InChI is InChI=1S/C17H24N2/c1-4-8-15(18-5-2)12-17-13(3)11-14-9-6-7-10-16(14)19-17/h6-7,9-11,15,18H,4-5,8,12H2,1-3H3. The number of nitrogens with zero attached hydrogens (tertiary/aromatic N) is 1. The zero-order chi connectivity index (χ0) is 13.7. The normalized spacial score (nSPS) is 12.8. The van der Waals surface area contributed by atoms with E-state index >= 15 is 0 Å². The lowest BCUT2D eigenvalue weighted by Gasteiger charge is -2.18. The molecule has 1 atom stereocenters. The van der Waals surface area contributed by atoms with Gasteiger partial charge in [0.2, 0.25) is 0 Å². The average molecular weight is 256 g/mol.